The van der Waals surface area contributed by atoms with Gasteiger partial charge >= 0.3 is 5.97 Å². The predicted octanol–water partition coefficient (Wildman–Crippen LogP) is 3.05. The molecule has 2 aromatic carbocycles. The van der Waals surface area contributed by atoms with Crippen LogP contribution < -0.4 is 9.47 Å². The van der Waals surface area contributed by atoms with Gasteiger partial charge in [0.1, 0.15) is 0 Å². The minimum absolute atomic E-state index is 0.101. The van der Waals surface area contributed by atoms with Crippen molar-refractivity contribution in [3.8, 4) is 11.5 Å². The molecule has 0 aliphatic heterocycles. The van der Waals surface area contributed by atoms with E-state index in [9.17, 15) is 9.59 Å². The lowest BCUT2D eigenvalue weighted by atomic mass is 10.1. The van der Waals surface area contributed by atoms with Crippen LogP contribution in [0.1, 0.15) is 15.9 Å². The van der Waals surface area contributed by atoms with E-state index in [0.29, 0.717) is 17.1 Å². The number of allylic oxidation sites excluding steroid dienone is 1. The molecule has 0 spiro atoms. The van der Waals surface area contributed by atoms with Crippen LogP contribution in [0.4, 0.5) is 0 Å². The summed E-state index contributed by atoms with van der Waals surface area (Å²) in [6.45, 7) is -0.446. The lowest BCUT2D eigenvalue weighted by Gasteiger charge is -2.09. The second-order valence-corrected chi connectivity index (χ2v) is 4.66. The van der Waals surface area contributed by atoms with Gasteiger partial charge in [0, 0.05) is 5.56 Å². The van der Waals surface area contributed by atoms with Crippen molar-refractivity contribution in [2.75, 3.05) is 13.7 Å². The summed E-state index contributed by atoms with van der Waals surface area (Å²) in [5.41, 5.74) is 1.35. The Bertz CT molecular complexity index is 719. The van der Waals surface area contributed by atoms with E-state index >= 15 is 0 Å². The molecule has 118 valence electrons. The van der Waals surface area contributed by atoms with Crippen LogP contribution in [0.25, 0.3) is 6.08 Å². The molecule has 0 atom stereocenters. The van der Waals surface area contributed by atoms with Crippen LogP contribution in [-0.2, 0) is 4.79 Å². The maximum absolute atomic E-state index is 12.0. The zero-order chi connectivity index (χ0) is 16.7. The first-order valence-corrected chi connectivity index (χ1v) is 6.90. The van der Waals surface area contributed by atoms with Crippen molar-refractivity contribution < 1.29 is 24.2 Å². The Balaban J connectivity index is 2.12. The minimum Gasteiger partial charge on any atom is -0.493 e. The summed E-state index contributed by atoms with van der Waals surface area (Å²) in [4.78, 5) is 22.5. The van der Waals surface area contributed by atoms with Gasteiger partial charge in [0.25, 0.3) is 0 Å². The Morgan fingerprint density at radius 1 is 1.09 bits per heavy atom. The highest BCUT2D eigenvalue weighted by atomic mass is 16.5. The molecule has 0 aliphatic carbocycles. The number of carbonyl (C=O) groups is 2. The highest BCUT2D eigenvalue weighted by Gasteiger charge is 2.07. The van der Waals surface area contributed by atoms with Crippen LogP contribution >= 0.6 is 0 Å². The first kappa shape index (κ1) is 16.3. The number of hydrogen-bond acceptors (Lipinski definition) is 4. The number of aliphatic carboxylic acids is 1. The Hall–Kier alpha value is -3.08. The number of benzene rings is 2. The average Bonchev–Trinajstić information content (AvgIpc) is 2.58. The molecule has 0 fully saturated rings. The highest BCUT2D eigenvalue weighted by molar-refractivity contribution is 6.06. The van der Waals surface area contributed by atoms with Crippen LogP contribution in [0.15, 0.2) is 54.6 Å². The number of carbonyl (C=O) groups excluding carboxylic acids is 1. The first-order chi connectivity index (χ1) is 11.1. The molecule has 0 unspecified atom stereocenters. The Morgan fingerprint density at radius 3 is 2.48 bits per heavy atom. The van der Waals surface area contributed by atoms with E-state index in [1.165, 1.54) is 13.2 Å². The summed E-state index contributed by atoms with van der Waals surface area (Å²) in [7, 11) is 1.46. The van der Waals surface area contributed by atoms with E-state index in [0.717, 1.165) is 5.56 Å². The summed E-state index contributed by atoms with van der Waals surface area (Å²) in [6, 6.07) is 13.9. The fourth-order valence-corrected chi connectivity index (χ4v) is 1.92. The van der Waals surface area contributed by atoms with Gasteiger partial charge in [-0.25, -0.2) is 4.79 Å². The fraction of sp³-hybridized carbons (Fsp3) is 0.111. The Kier molecular flexibility index (Phi) is 5.52. The molecule has 0 bridgehead atoms. The van der Waals surface area contributed by atoms with Crippen molar-refractivity contribution in [2.45, 2.75) is 0 Å². The SMILES string of the molecule is COc1cc(C=CC(=O)c2ccccc2)ccc1OCC(=O)O. The molecule has 0 amide bonds. The van der Waals surface area contributed by atoms with Crippen LogP contribution in [0.5, 0.6) is 11.5 Å². The summed E-state index contributed by atoms with van der Waals surface area (Å²) < 4.78 is 10.3. The van der Waals surface area contributed by atoms with Crippen LogP contribution in [0, 0.1) is 0 Å². The summed E-state index contributed by atoms with van der Waals surface area (Å²) in [6.07, 6.45) is 3.14. The number of ether oxygens (including phenoxy) is 2. The van der Waals surface area contributed by atoms with Crippen LogP contribution in [0.2, 0.25) is 0 Å². The lowest BCUT2D eigenvalue weighted by Crippen LogP contribution is -2.10. The molecule has 5 nitrogen and oxygen atoms in total. The first-order valence-electron chi connectivity index (χ1n) is 6.90. The molecule has 0 aromatic heterocycles. The molecule has 0 saturated carbocycles. The van der Waals surface area contributed by atoms with Gasteiger partial charge in [-0.2, -0.15) is 0 Å². The van der Waals surface area contributed by atoms with E-state index < -0.39 is 12.6 Å². The predicted molar refractivity (Wildman–Crippen MR) is 85.9 cm³/mol. The van der Waals surface area contributed by atoms with Gasteiger partial charge in [0.15, 0.2) is 23.9 Å². The molecule has 0 aliphatic rings. The number of ketones is 1. The van der Waals surface area contributed by atoms with Crippen molar-refractivity contribution in [3.05, 3.63) is 65.7 Å². The van der Waals surface area contributed by atoms with E-state index in [1.54, 1.807) is 48.5 Å². The lowest BCUT2D eigenvalue weighted by molar-refractivity contribution is -0.139. The monoisotopic (exact) mass is 312 g/mol. The molecule has 2 rings (SSSR count). The van der Waals surface area contributed by atoms with Gasteiger partial charge in [-0.3, -0.25) is 4.79 Å². The summed E-state index contributed by atoms with van der Waals surface area (Å²) in [5, 5.41) is 8.63. The largest absolute Gasteiger partial charge is 0.493 e. The molecule has 2 aromatic rings. The quantitative estimate of drug-likeness (QED) is 0.628. The van der Waals surface area contributed by atoms with Gasteiger partial charge in [0.05, 0.1) is 7.11 Å². The van der Waals surface area contributed by atoms with Crippen LogP contribution in [-0.4, -0.2) is 30.6 Å². The number of carboxylic acids is 1. The molecule has 5 heteroatoms. The van der Waals surface area contributed by atoms with Crippen molar-refractivity contribution in [2.24, 2.45) is 0 Å². The maximum Gasteiger partial charge on any atom is 0.341 e. The second-order valence-electron chi connectivity index (χ2n) is 4.66. The van der Waals surface area contributed by atoms with Crippen molar-refractivity contribution >= 4 is 17.8 Å². The molecule has 0 radical (unpaired) electrons. The van der Waals surface area contributed by atoms with E-state index in [1.807, 2.05) is 6.07 Å². The Morgan fingerprint density at radius 2 is 1.83 bits per heavy atom. The zero-order valence-electron chi connectivity index (χ0n) is 12.6. The minimum atomic E-state index is -1.07. The van der Waals surface area contributed by atoms with Gasteiger partial charge in [-0.15, -0.1) is 0 Å². The standard InChI is InChI=1S/C18H16O5/c1-22-17-11-13(8-10-16(17)23-12-18(20)21)7-9-15(19)14-5-3-2-4-6-14/h2-11H,12H2,1H3,(H,20,21). The van der Waals surface area contributed by atoms with E-state index in [4.69, 9.17) is 14.6 Å². The normalized spacial score (nSPS) is 10.5. The molecule has 0 saturated heterocycles. The second kappa shape index (κ2) is 7.79. The molecule has 23 heavy (non-hydrogen) atoms. The number of rotatable bonds is 7. The van der Waals surface area contributed by atoms with Crippen LogP contribution in [0.3, 0.4) is 0 Å². The van der Waals surface area contributed by atoms with E-state index in [2.05, 4.69) is 0 Å². The van der Waals surface area contributed by atoms with Gasteiger partial charge in [0.2, 0.25) is 0 Å². The summed E-state index contributed by atoms with van der Waals surface area (Å²) >= 11 is 0. The zero-order valence-corrected chi connectivity index (χ0v) is 12.6. The van der Waals surface area contributed by atoms with Crippen molar-refractivity contribution in [3.63, 3.8) is 0 Å². The van der Waals surface area contributed by atoms with E-state index in [-0.39, 0.29) is 5.78 Å². The average molecular weight is 312 g/mol. The fourth-order valence-electron chi connectivity index (χ4n) is 1.92. The third kappa shape index (κ3) is 4.71. The summed E-state index contributed by atoms with van der Waals surface area (Å²) in [5.74, 6) is -0.428. The molecular formula is C18H16O5. The highest BCUT2D eigenvalue weighted by Crippen LogP contribution is 2.28. The van der Waals surface area contributed by atoms with Gasteiger partial charge < -0.3 is 14.6 Å². The molecule has 0 heterocycles. The number of methoxy groups -OCH3 is 1. The van der Waals surface area contributed by atoms with Gasteiger partial charge in [-0.1, -0.05) is 42.5 Å². The smallest absolute Gasteiger partial charge is 0.341 e. The Labute approximate surface area is 133 Å². The number of hydrogen-bond donors (Lipinski definition) is 1. The van der Waals surface area contributed by atoms with Gasteiger partial charge in [-0.05, 0) is 23.8 Å². The van der Waals surface area contributed by atoms with Crippen molar-refractivity contribution in [1.29, 1.82) is 0 Å². The number of carboxylic acid groups (broad SMARTS) is 1. The maximum atomic E-state index is 12.0. The van der Waals surface area contributed by atoms with Crippen molar-refractivity contribution in [1.82, 2.24) is 0 Å². The molecular weight excluding hydrogens is 296 g/mol. The third-order valence-corrected chi connectivity index (χ3v) is 3.02. The third-order valence-electron chi connectivity index (χ3n) is 3.02. The molecule has 1 N–H and O–H groups in total. The topological polar surface area (TPSA) is 72.8 Å².